The Morgan fingerprint density at radius 1 is 0.407 bits per heavy atom. The largest absolute Gasteiger partial charge is 0.493 e. The Bertz CT molecular complexity index is 4870. The van der Waals surface area contributed by atoms with Crippen LogP contribution in [0.15, 0.2) is 108 Å². The molecule has 0 saturated heterocycles. The van der Waals surface area contributed by atoms with Crippen molar-refractivity contribution in [2.24, 2.45) is 11.8 Å². The number of nitrogens with one attached hydrogen (secondary N) is 7. The van der Waals surface area contributed by atoms with Crippen molar-refractivity contribution in [3.05, 3.63) is 131 Å². The number of benzene rings is 4. The normalized spacial score (nSPS) is 16.8. The minimum atomic E-state index is -1.60. The van der Waals surface area contributed by atoms with Gasteiger partial charge in [0.15, 0.2) is 35.5 Å². The standard InChI is InChI=1S/C97H134N12O31/c1-61(2)86(103-82(111)26-32-128-36-35-125-9)90(117)99-65(7)88(115)101-69-19-15-67(16-20-69)59-139-96(123)108-73-55-79(77(126-10)53-71(73)92(119)106-57-63(5)51-75(106)94(108)121)137-30-13-12-14-31-138-80-56-74-72(54-78(80)127-11)93(120)107-58-64(6)52-76(107)95(122)109(74)97(124)140-60-68-17-21-70(22-18-68)102-89(116)66(8)100-91(118)87(62(3)4)104-83(112)27-33-129-37-39-131-41-43-133-45-47-135-49-50-136-48-46-134-44-42-132-40-38-130-34-28-98-81(110)25-29-105-84(113)23-24-85(105)114/h15-24,53-58,61-62,65-66,75-76,86-87,94-95,121-122H,12-14,25-52,59-60H2,1-11H3,(H,98,110)(H,99,117)(H,100,118)(H,101,115)(H,102,116)(H,103,111)(H,104,112)/t65?,66-,75-,76-,86-,87-,94-,95-/m0/s1. The molecule has 4 aromatic rings. The Hall–Kier alpha value is -12.3. The molecule has 43 nitrogen and oxygen atoms in total. The smallest absolute Gasteiger partial charge is 0.416 e. The SMILES string of the molecule is COCCOCCC(=O)N[C@H](C(=O)NC(C)C(=O)Nc1ccc(COC(=O)N2c3cc(OCCCCCOc4cc5c(cc4OC)C(=O)N4C=C(C)C[C@H]4[C@H](O)N5C(=O)OCc4ccc(NC(=O)[C@H](C)NC(=O)[C@@H](NC(=O)CCOCCOCCOCCOCCOCCOCCOCCOCCNC(=O)CCN5C(=O)C=CC5=O)C(C)C)cc4)c(OC)cc3C(=O)N3C=C(C)C[C@H]3[C@@H]2O)cc1)C(C)C. The first-order valence-corrected chi connectivity index (χ1v) is 46.9. The molecule has 768 valence electrons. The van der Waals surface area contributed by atoms with Crippen molar-refractivity contribution in [3.63, 3.8) is 0 Å². The summed E-state index contributed by atoms with van der Waals surface area (Å²) in [7, 11) is 4.33. The lowest BCUT2D eigenvalue weighted by Crippen LogP contribution is -2.53. The number of rotatable bonds is 62. The third-order valence-corrected chi connectivity index (χ3v) is 22.6. The molecule has 0 spiro atoms. The van der Waals surface area contributed by atoms with Crippen molar-refractivity contribution < 1.29 is 148 Å². The number of methoxy groups -OCH3 is 3. The topological polar surface area (TPSA) is 510 Å². The van der Waals surface area contributed by atoms with E-state index in [1.54, 1.807) is 102 Å². The predicted octanol–water partition coefficient (Wildman–Crippen LogP) is 5.69. The van der Waals surface area contributed by atoms with Crippen LogP contribution in [0.5, 0.6) is 23.0 Å². The number of carbonyl (C=O) groups is 13. The first-order valence-electron chi connectivity index (χ1n) is 46.9. The average molecular weight is 1960 g/mol. The molecule has 5 heterocycles. The maximum atomic E-state index is 14.5. The number of fused-ring (bicyclic) bond motifs is 4. The summed E-state index contributed by atoms with van der Waals surface area (Å²) in [6.45, 7) is 19.6. The van der Waals surface area contributed by atoms with E-state index in [4.69, 9.17) is 75.8 Å². The quantitative estimate of drug-likeness (QED) is 0.0189. The van der Waals surface area contributed by atoms with Crippen molar-refractivity contribution in [3.8, 4) is 23.0 Å². The van der Waals surface area contributed by atoms with E-state index in [9.17, 15) is 72.5 Å². The van der Waals surface area contributed by atoms with E-state index in [1.165, 1.54) is 81.4 Å². The minimum absolute atomic E-state index is 0.00438. The molecule has 5 aliphatic heterocycles. The number of unbranched alkanes of at least 4 members (excludes halogenated alkanes) is 2. The van der Waals surface area contributed by atoms with Gasteiger partial charge in [-0.1, -0.05) is 63.1 Å². The number of hydrogen-bond donors (Lipinski definition) is 9. The highest BCUT2D eigenvalue weighted by atomic mass is 16.6. The highest BCUT2D eigenvalue weighted by Crippen LogP contribution is 2.45. The van der Waals surface area contributed by atoms with E-state index in [0.29, 0.717) is 134 Å². The van der Waals surface area contributed by atoms with Crippen LogP contribution in [0.4, 0.5) is 32.3 Å². The molecule has 0 fully saturated rings. The van der Waals surface area contributed by atoms with Gasteiger partial charge in [-0.15, -0.1) is 0 Å². The van der Waals surface area contributed by atoms with E-state index < -0.39 is 114 Å². The highest BCUT2D eigenvalue weighted by Gasteiger charge is 2.48. The summed E-state index contributed by atoms with van der Waals surface area (Å²) >= 11 is 0. The second kappa shape index (κ2) is 58.1. The molecule has 0 bridgehead atoms. The number of aliphatic hydroxyl groups is 2. The fourth-order valence-electron chi connectivity index (χ4n) is 15.0. The zero-order chi connectivity index (χ0) is 101. The lowest BCUT2D eigenvalue weighted by atomic mass is 10.0. The molecule has 9 rings (SSSR count). The van der Waals surface area contributed by atoms with Crippen LogP contribution in [0.3, 0.4) is 0 Å². The Labute approximate surface area is 813 Å². The number of carbonyl (C=O) groups excluding carboxylic acids is 13. The molecule has 0 radical (unpaired) electrons. The number of aliphatic hydroxyl groups excluding tert-OH is 2. The first-order chi connectivity index (χ1) is 67.4. The molecular weight excluding hydrogens is 1830 g/mol. The van der Waals surface area contributed by atoms with Crippen molar-refractivity contribution in [1.29, 1.82) is 0 Å². The van der Waals surface area contributed by atoms with Gasteiger partial charge in [0.25, 0.3) is 23.6 Å². The molecule has 0 aromatic heterocycles. The molecule has 13 amide bonds. The van der Waals surface area contributed by atoms with Gasteiger partial charge in [0, 0.05) is 87.5 Å². The Morgan fingerprint density at radius 3 is 1.12 bits per heavy atom. The molecule has 0 aliphatic carbocycles. The molecule has 9 N–H and O–H groups in total. The van der Waals surface area contributed by atoms with E-state index in [0.717, 1.165) is 25.8 Å². The van der Waals surface area contributed by atoms with Gasteiger partial charge in [-0.3, -0.25) is 57.6 Å². The second-order valence-electron chi connectivity index (χ2n) is 34.1. The van der Waals surface area contributed by atoms with Crippen LogP contribution in [0.1, 0.15) is 139 Å². The van der Waals surface area contributed by atoms with Crippen molar-refractivity contribution in [2.45, 2.75) is 169 Å². The molecule has 5 aliphatic rings. The zero-order valence-electron chi connectivity index (χ0n) is 81.3. The minimum Gasteiger partial charge on any atom is -0.493 e. The van der Waals surface area contributed by atoms with Gasteiger partial charge in [0.05, 0.1) is 188 Å². The summed E-state index contributed by atoms with van der Waals surface area (Å²) in [6.07, 6.45) is 2.33. The van der Waals surface area contributed by atoms with Gasteiger partial charge in [0.1, 0.15) is 37.4 Å². The highest BCUT2D eigenvalue weighted by molar-refractivity contribution is 6.13. The third-order valence-electron chi connectivity index (χ3n) is 22.6. The third kappa shape index (κ3) is 34.3. The first kappa shape index (κ1) is 111. The number of nitrogens with zero attached hydrogens (tertiary/aromatic N) is 5. The molecular formula is C97H134N12O31. The lowest BCUT2D eigenvalue weighted by molar-refractivity contribution is -0.137. The van der Waals surface area contributed by atoms with E-state index >= 15 is 0 Å². The van der Waals surface area contributed by atoms with Gasteiger partial charge in [-0.2, -0.15) is 0 Å². The van der Waals surface area contributed by atoms with Crippen molar-refractivity contribution >= 4 is 99.9 Å². The maximum Gasteiger partial charge on any atom is 0.416 e. The number of amides is 13. The molecule has 1 unspecified atom stereocenters. The van der Waals surface area contributed by atoms with Gasteiger partial charge in [0.2, 0.25) is 41.4 Å². The lowest BCUT2D eigenvalue weighted by Gasteiger charge is -2.31. The Kier molecular flexibility index (Phi) is 46.2. The van der Waals surface area contributed by atoms with Crippen LogP contribution in [0.2, 0.25) is 0 Å². The van der Waals surface area contributed by atoms with Gasteiger partial charge in [-0.25, -0.2) is 19.4 Å². The fourth-order valence-corrected chi connectivity index (χ4v) is 15.0. The number of anilines is 4. The number of ether oxygens (including phenoxy) is 16. The monoisotopic (exact) mass is 1960 g/mol. The average Bonchev–Trinajstić information content (AvgIpc) is 1.60. The molecule has 4 aromatic carbocycles. The zero-order valence-corrected chi connectivity index (χ0v) is 81.3. The fraction of sp³-hybridized carbons (Fsp3) is 0.557. The number of hydrogen-bond acceptors (Lipinski definition) is 31. The Balaban J connectivity index is 0.656. The van der Waals surface area contributed by atoms with Crippen LogP contribution in [-0.2, 0) is 113 Å². The summed E-state index contributed by atoms with van der Waals surface area (Å²) in [5.74, 6) is -5.23. The van der Waals surface area contributed by atoms with Gasteiger partial charge >= 0.3 is 12.2 Å². The van der Waals surface area contributed by atoms with Crippen LogP contribution in [-0.4, -0.2) is 324 Å². The van der Waals surface area contributed by atoms with Crippen LogP contribution >= 0.6 is 0 Å². The van der Waals surface area contributed by atoms with Crippen molar-refractivity contribution in [2.75, 3.05) is 194 Å². The van der Waals surface area contributed by atoms with Crippen LogP contribution in [0.25, 0.3) is 0 Å². The summed E-state index contributed by atoms with van der Waals surface area (Å²) in [4.78, 5) is 178. The molecule has 8 atom stereocenters. The van der Waals surface area contributed by atoms with E-state index in [-0.39, 0.29) is 174 Å². The predicted molar refractivity (Wildman–Crippen MR) is 506 cm³/mol. The summed E-state index contributed by atoms with van der Waals surface area (Å²) < 4.78 is 90.2. The van der Waals surface area contributed by atoms with Gasteiger partial charge in [-0.05, 0) is 119 Å². The molecule has 43 heteroatoms. The molecule has 0 saturated carbocycles. The summed E-state index contributed by atoms with van der Waals surface area (Å²) in [5.41, 5.74) is 3.28. The number of imide groups is 1. The van der Waals surface area contributed by atoms with E-state index in [1.807, 2.05) is 0 Å². The summed E-state index contributed by atoms with van der Waals surface area (Å²) in [5, 5.41) is 43.2. The second-order valence-corrected chi connectivity index (χ2v) is 34.1. The Morgan fingerprint density at radius 2 is 0.764 bits per heavy atom. The maximum absolute atomic E-state index is 14.5. The van der Waals surface area contributed by atoms with Crippen LogP contribution in [0, 0.1) is 11.8 Å². The van der Waals surface area contributed by atoms with E-state index in [2.05, 4.69) is 37.2 Å². The van der Waals surface area contributed by atoms with Crippen molar-refractivity contribution in [1.82, 2.24) is 41.3 Å². The summed E-state index contributed by atoms with van der Waals surface area (Å²) in [6, 6.07) is 12.8. The van der Waals surface area contributed by atoms with Gasteiger partial charge < -0.3 is 133 Å². The van der Waals surface area contributed by atoms with Crippen LogP contribution < -0.4 is 66.0 Å². The molecule has 140 heavy (non-hydrogen) atoms.